The quantitative estimate of drug-likeness (QED) is 0.577. The average Bonchev–Trinajstić information content (AvgIpc) is 2.26. The first-order valence-electron chi connectivity index (χ1n) is 6.27. The molecule has 0 aliphatic rings. The van der Waals surface area contributed by atoms with Crippen molar-refractivity contribution >= 4 is 5.91 Å². The van der Waals surface area contributed by atoms with Crippen LogP contribution in [0.4, 0.5) is 0 Å². The minimum Gasteiger partial charge on any atom is -0.383 e. The summed E-state index contributed by atoms with van der Waals surface area (Å²) < 4.78 is 5.04. The highest BCUT2D eigenvalue weighted by atomic mass is 16.5. The first-order chi connectivity index (χ1) is 8.01. The monoisotopic (exact) mass is 245 g/mol. The van der Waals surface area contributed by atoms with Crippen molar-refractivity contribution in [2.75, 3.05) is 33.4 Å². The molecule has 0 spiro atoms. The third kappa shape index (κ3) is 8.12. The number of carbonyl (C=O) groups excluding carboxylic acids is 1. The number of primary amides is 1. The Morgan fingerprint density at radius 1 is 1.41 bits per heavy atom. The largest absolute Gasteiger partial charge is 0.383 e. The molecule has 5 nitrogen and oxygen atoms in total. The van der Waals surface area contributed by atoms with Gasteiger partial charge in [0.25, 0.3) is 0 Å². The number of hydrogen-bond donors (Lipinski definition) is 2. The maximum Gasteiger partial charge on any atom is 0.234 e. The number of amides is 1. The normalized spacial score (nSPS) is 13.3. The topological polar surface area (TPSA) is 67.6 Å². The Labute approximate surface area is 105 Å². The standard InChI is InChI=1S/C12H27N3O2/c1-5-15(8-9-17-4)7-6-11(12(13)16)14-10(2)3/h10-11,14H,5-9H2,1-4H3,(H2,13,16). The van der Waals surface area contributed by atoms with Gasteiger partial charge in [0.1, 0.15) is 0 Å². The lowest BCUT2D eigenvalue weighted by Gasteiger charge is -2.24. The second-order valence-corrected chi connectivity index (χ2v) is 4.49. The molecule has 0 saturated carbocycles. The number of hydrogen-bond acceptors (Lipinski definition) is 4. The highest BCUT2D eigenvalue weighted by Crippen LogP contribution is 1.98. The van der Waals surface area contributed by atoms with Crippen molar-refractivity contribution in [3.05, 3.63) is 0 Å². The van der Waals surface area contributed by atoms with E-state index < -0.39 is 0 Å². The van der Waals surface area contributed by atoms with Gasteiger partial charge < -0.3 is 20.7 Å². The van der Waals surface area contributed by atoms with Gasteiger partial charge in [0.15, 0.2) is 0 Å². The Morgan fingerprint density at radius 2 is 2.06 bits per heavy atom. The number of nitrogens with two attached hydrogens (primary N) is 1. The molecular weight excluding hydrogens is 218 g/mol. The minimum absolute atomic E-state index is 0.244. The van der Waals surface area contributed by atoms with Crippen LogP contribution in [0.3, 0.4) is 0 Å². The molecule has 0 aromatic heterocycles. The van der Waals surface area contributed by atoms with E-state index in [4.69, 9.17) is 10.5 Å². The predicted octanol–water partition coefficient (Wildman–Crippen LogP) is 0.197. The van der Waals surface area contributed by atoms with Crippen molar-refractivity contribution in [1.29, 1.82) is 0 Å². The summed E-state index contributed by atoms with van der Waals surface area (Å²) >= 11 is 0. The Balaban J connectivity index is 4.03. The van der Waals surface area contributed by atoms with E-state index in [1.165, 1.54) is 0 Å². The van der Waals surface area contributed by atoms with E-state index in [-0.39, 0.29) is 18.0 Å². The highest BCUT2D eigenvalue weighted by Gasteiger charge is 2.16. The van der Waals surface area contributed by atoms with E-state index in [1.54, 1.807) is 7.11 Å². The first-order valence-corrected chi connectivity index (χ1v) is 6.27. The molecule has 17 heavy (non-hydrogen) atoms. The fourth-order valence-corrected chi connectivity index (χ4v) is 1.67. The lowest BCUT2D eigenvalue weighted by atomic mass is 10.1. The molecule has 0 aromatic rings. The summed E-state index contributed by atoms with van der Waals surface area (Å²) in [5.41, 5.74) is 5.37. The van der Waals surface area contributed by atoms with Gasteiger partial charge in [0.2, 0.25) is 5.91 Å². The van der Waals surface area contributed by atoms with Crippen LogP contribution in [-0.4, -0.2) is 56.2 Å². The van der Waals surface area contributed by atoms with Gasteiger partial charge in [-0.1, -0.05) is 20.8 Å². The summed E-state index contributed by atoms with van der Waals surface area (Å²) in [5.74, 6) is -0.276. The molecular formula is C12H27N3O2. The smallest absolute Gasteiger partial charge is 0.234 e. The van der Waals surface area contributed by atoms with Gasteiger partial charge in [0.05, 0.1) is 12.6 Å². The van der Waals surface area contributed by atoms with Crippen LogP contribution in [0.5, 0.6) is 0 Å². The van der Waals surface area contributed by atoms with Crippen molar-refractivity contribution < 1.29 is 9.53 Å². The number of carbonyl (C=O) groups is 1. The fraction of sp³-hybridized carbons (Fsp3) is 0.917. The van der Waals surface area contributed by atoms with Crippen LogP contribution in [0.1, 0.15) is 27.2 Å². The molecule has 3 N–H and O–H groups in total. The zero-order valence-corrected chi connectivity index (χ0v) is 11.5. The van der Waals surface area contributed by atoms with Crippen molar-refractivity contribution in [3.63, 3.8) is 0 Å². The highest BCUT2D eigenvalue weighted by molar-refractivity contribution is 5.79. The van der Waals surface area contributed by atoms with Crippen LogP contribution in [0, 0.1) is 0 Å². The molecule has 1 unspecified atom stereocenters. The molecule has 0 bridgehead atoms. The lowest BCUT2D eigenvalue weighted by molar-refractivity contribution is -0.120. The second kappa shape index (κ2) is 9.39. The van der Waals surface area contributed by atoms with E-state index in [0.717, 1.165) is 26.1 Å². The van der Waals surface area contributed by atoms with E-state index in [2.05, 4.69) is 17.1 Å². The van der Waals surface area contributed by atoms with Gasteiger partial charge >= 0.3 is 0 Å². The van der Waals surface area contributed by atoms with Crippen LogP contribution in [0.15, 0.2) is 0 Å². The number of nitrogens with zero attached hydrogens (tertiary/aromatic N) is 1. The number of rotatable bonds is 10. The van der Waals surface area contributed by atoms with Gasteiger partial charge in [-0.3, -0.25) is 4.79 Å². The number of methoxy groups -OCH3 is 1. The van der Waals surface area contributed by atoms with Crippen LogP contribution in [0.25, 0.3) is 0 Å². The maximum atomic E-state index is 11.3. The fourth-order valence-electron chi connectivity index (χ4n) is 1.67. The number of ether oxygens (including phenoxy) is 1. The Morgan fingerprint density at radius 3 is 2.47 bits per heavy atom. The van der Waals surface area contributed by atoms with Gasteiger partial charge in [0, 0.05) is 26.2 Å². The molecule has 0 radical (unpaired) electrons. The van der Waals surface area contributed by atoms with Gasteiger partial charge in [-0.2, -0.15) is 0 Å². The average molecular weight is 245 g/mol. The summed E-state index contributed by atoms with van der Waals surface area (Å²) in [6, 6.07) is 0.0214. The van der Waals surface area contributed by atoms with E-state index in [1.807, 2.05) is 13.8 Å². The molecule has 0 fully saturated rings. The van der Waals surface area contributed by atoms with E-state index in [0.29, 0.717) is 6.61 Å². The van der Waals surface area contributed by atoms with Gasteiger partial charge in [-0.25, -0.2) is 0 Å². The van der Waals surface area contributed by atoms with Crippen molar-refractivity contribution in [1.82, 2.24) is 10.2 Å². The van der Waals surface area contributed by atoms with E-state index in [9.17, 15) is 4.79 Å². The molecule has 0 aliphatic heterocycles. The summed E-state index contributed by atoms with van der Waals surface area (Å²) in [6.07, 6.45) is 0.741. The zero-order valence-electron chi connectivity index (χ0n) is 11.5. The molecule has 1 atom stereocenters. The predicted molar refractivity (Wildman–Crippen MR) is 69.9 cm³/mol. The number of nitrogens with one attached hydrogen (secondary N) is 1. The zero-order chi connectivity index (χ0) is 13.3. The number of likely N-dealkylation sites (N-methyl/N-ethyl adjacent to an activating group) is 1. The Bertz CT molecular complexity index is 210. The van der Waals surface area contributed by atoms with Crippen LogP contribution >= 0.6 is 0 Å². The Kier molecular flexibility index (Phi) is 9.03. The van der Waals surface area contributed by atoms with Gasteiger partial charge in [-0.15, -0.1) is 0 Å². The lowest BCUT2D eigenvalue weighted by Crippen LogP contribution is -2.46. The molecule has 1 amide bonds. The molecule has 0 rings (SSSR count). The summed E-state index contributed by atoms with van der Waals surface area (Å²) in [5, 5.41) is 3.18. The molecule has 0 heterocycles. The van der Waals surface area contributed by atoms with Crippen molar-refractivity contribution in [2.24, 2.45) is 5.73 Å². The second-order valence-electron chi connectivity index (χ2n) is 4.49. The van der Waals surface area contributed by atoms with E-state index >= 15 is 0 Å². The minimum atomic E-state index is -0.276. The van der Waals surface area contributed by atoms with Gasteiger partial charge in [-0.05, 0) is 13.0 Å². The summed E-state index contributed by atoms with van der Waals surface area (Å²) in [6.45, 7) is 9.54. The first kappa shape index (κ1) is 16.4. The maximum absolute atomic E-state index is 11.3. The van der Waals surface area contributed by atoms with Crippen molar-refractivity contribution in [3.8, 4) is 0 Å². The third-order valence-corrected chi connectivity index (χ3v) is 2.67. The molecule has 102 valence electrons. The summed E-state index contributed by atoms with van der Waals surface area (Å²) in [7, 11) is 1.69. The molecule has 0 saturated heterocycles. The van der Waals surface area contributed by atoms with Crippen LogP contribution in [-0.2, 0) is 9.53 Å². The third-order valence-electron chi connectivity index (χ3n) is 2.67. The van der Waals surface area contributed by atoms with Crippen LogP contribution < -0.4 is 11.1 Å². The molecule has 0 aromatic carbocycles. The van der Waals surface area contributed by atoms with Crippen molar-refractivity contribution in [2.45, 2.75) is 39.3 Å². The SMILES string of the molecule is CCN(CCOC)CCC(NC(C)C)C(N)=O. The Hall–Kier alpha value is -0.650. The molecule has 5 heteroatoms. The molecule has 0 aliphatic carbocycles. The van der Waals surface area contributed by atoms with Crippen LogP contribution in [0.2, 0.25) is 0 Å². The summed E-state index contributed by atoms with van der Waals surface area (Å²) in [4.78, 5) is 13.5.